The number of nitrogens with one attached hydrogen (secondary N) is 1. The predicted octanol–water partition coefficient (Wildman–Crippen LogP) is 2.83. The van der Waals surface area contributed by atoms with Gasteiger partial charge in [0.25, 0.3) is 0 Å². The Bertz CT molecular complexity index is 523. The molecule has 0 aliphatic heterocycles. The van der Waals surface area contributed by atoms with Gasteiger partial charge in [0.15, 0.2) is 0 Å². The van der Waals surface area contributed by atoms with Crippen molar-refractivity contribution in [2.75, 3.05) is 5.32 Å². The molecule has 0 aliphatic rings. The molecule has 6 heteroatoms. The number of hydrogen-bond acceptors (Lipinski definition) is 5. The summed E-state index contributed by atoms with van der Waals surface area (Å²) in [6.45, 7) is 0. The summed E-state index contributed by atoms with van der Waals surface area (Å²) in [5, 5.41) is 15.6. The van der Waals surface area contributed by atoms with E-state index in [9.17, 15) is 10.1 Å². The van der Waals surface area contributed by atoms with Gasteiger partial charge in [-0.05, 0) is 23.6 Å². The van der Waals surface area contributed by atoms with E-state index in [1.165, 1.54) is 17.5 Å². The number of rotatable bonds is 4. The fourth-order valence-electron chi connectivity index (χ4n) is 1.24. The van der Waals surface area contributed by atoms with Crippen molar-refractivity contribution < 1.29 is 4.92 Å². The molecule has 17 heavy (non-hydrogen) atoms. The molecule has 0 unspecified atom stereocenters. The van der Waals surface area contributed by atoms with E-state index in [4.69, 9.17) is 0 Å². The van der Waals surface area contributed by atoms with Crippen LogP contribution in [-0.4, -0.2) is 9.91 Å². The minimum absolute atomic E-state index is 0.0452. The van der Waals surface area contributed by atoms with Crippen LogP contribution >= 0.6 is 11.3 Å². The number of hydrogen-bond donors (Lipinski definition) is 1. The lowest BCUT2D eigenvalue weighted by molar-refractivity contribution is -0.375. The van der Waals surface area contributed by atoms with Crippen molar-refractivity contribution in [1.82, 2.24) is 4.98 Å². The molecule has 1 N–H and O–H groups in total. The lowest BCUT2D eigenvalue weighted by Crippen LogP contribution is -1.99. The maximum atomic E-state index is 10.9. The van der Waals surface area contributed by atoms with Gasteiger partial charge in [-0.3, -0.25) is 15.1 Å². The summed E-state index contributed by atoms with van der Waals surface area (Å²) in [6.07, 6.45) is 4.62. The van der Waals surface area contributed by atoms with Gasteiger partial charge in [0.05, 0.1) is 23.0 Å². The molecule has 2 heterocycles. The van der Waals surface area contributed by atoms with Crippen LogP contribution in [0.15, 0.2) is 48.2 Å². The third-order valence-corrected chi connectivity index (χ3v) is 2.90. The van der Waals surface area contributed by atoms with Crippen molar-refractivity contribution >= 4 is 22.7 Å². The highest BCUT2D eigenvalue weighted by Gasteiger charge is 2.14. The number of pyridine rings is 1. The third-order valence-electron chi connectivity index (χ3n) is 2.01. The number of thiophene rings is 1. The summed E-state index contributed by atoms with van der Waals surface area (Å²) in [5.74, 6) is 0. The van der Waals surface area contributed by atoms with Gasteiger partial charge in [-0.15, -0.1) is 11.3 Å². The molecule has 0 aromatic carbocycles. The van der Waals surface area contributed by atoms with Crippen LogP contribution in [0.5, 0.6) is 0 Å². The minimum Gasteiger partial charge on any atom is -0.355 e. The number of aromatic nitrogens is 1. The molecule has 0 saturated heterocycles. The molecule has 0 atom stereocenters. The maximum Gasteiger partial charge on any atom is 0.302 e. The molecule has 0 fully saturated rings. The van der Waals surface area contributed by atoms with Crippen LogP contribution in [0, 0.1) is 10.1 Å². The Labute approximate surface area is 102 Å². The van der Waals surface area contributed by atoms with Crippen molar-refractivity contribution in [2.24, 2.45) is 0 Å². The number of anilines is 1. The van der Waals surface area contributed by atoms with Gasteiger partial charge in [0, 0.05) is 6.20 Å². The SMILES string of the molecule is O=[N+]([O-])/C(=C\Nc1cccnc1)c1cccs1. The van der Waals surface area contributed by atoms with Gasteiger partial charge in [0.2, 0.25) is 0 Å². The largest absolute Gasteiger partial charge is 0.355 e. The standard InChI is InChI=1S/C11H9N3O2S/c15-14(16)10(11-4-2-6-17-11)8-13-9-3-1-5-12-7-9/h1-8,13H/b10-8-. The van der Waals surface area contributed by atoms with Crippen molar-refractivity contribution in [3.8, 4) is 0 Å². The Balaban J connectivity index is 2.21. The first-order valence-corrected chi connectivity index (χ1v) is 5.70. The molecule has 86 valence electrons. The number of nitro groups is 1. The van der Waals surface area contributed by atoms with Crippen molar-refractivity contribution in [1.29, 1.82) is 0 Å². The van der Waals surface area contributed by atoms with Crippen LogP contribution in [0.25, 0.3) is 5.70 Å². The van der Waals surface area contributed by atoms with E-state index in [0.29, 0.717) is 10.6 Å². The summed E-state index contributed by atoms with van der Waals surface area (Å²) in [6, 6.07) is 7.04. The van der Waals surface area contributed by atoms with E-state index in [0.717, 1.165) is 0 Å². The van der Waals surface area contributed by atoms with Gasteiger partial charge in [-0.25, -0.2) is 0 Å². The van der Waals surface area contributed by atoms with Crippen molar-refractivity contribution in [2.45, 2.75) is 0 Å². The van der Waals surface area contributed by atoms with Gasteiger partial charge in [-0.2, -0.15) is 0 Å². The summed E-state index contributed by atoms with van der Waals surface area (Å²) >= 11 is 1.33. The zero-order chi connectivity index (χ0) is 12.1. The molecule has 0 aliphatic carbocycles. The van der Waals surface area contributed by atoms with Gasteiger partial charge >= 0.3 is 5.70 Å². The fraction of sp³-hybridized carbons (Fsp3) is 0. The Morgan fingerprint density at radius 3 is 2.94 bits per heavy atom. The van der Waals surface area contributed by atoms with Crippen LogP contribution < -0.4 is 5.32 Å². The molecule has 0 bridgehead atoms. The van der Waals surface area contributed by atoms with Gasteiger partial charge in [0.1, 0.15) is 4.88 Å². The monoisotopic (exact) mass is 247 g/mol. The summed E-state index contributed by atoms with van der Waals surface area (Å²) < 4.78 is 0. The molecule has 0 radical (unpaired) electrons. The third kappa shape index (κ3) is 2.88. The van der Waals surface area contributed by atoms with Crippen molar-refractivity contribution in [3.63, 3.8) is 0 Å². The van der Waals surface area contributed by atoms with Gasteiger partial charge < -0.3 is 5.32 Å². The van der Waals surface area contributed by atoms with Crippen LogP contribution in [0.2, 0.25) is 0 Å². The highest BCUT2D eigenvalue weighted by molar-refractivity contribution is 7.11. The summed E-state index contributed by atoms with van der Waals surface area (Å²) in [5.41, 5.74) is 0.757. The van der Waals surface area contributed by atoms with E-state index in [1.54, 1.807) is 42.0 Å². The van der Waals surface area contributed by atoms with Crippen molar-refractivity contribution in [3.05, 3.63) is 63.2 Å². The van der Waals surface area contributed by atoms with E-state index < -0.39 is 4.92 Å². The van der Waals surface area contributed by atoms with E-state index in [2.05, 4.69) is 10.3 Å². The lowest BCUT2D eigenvalue weighted by atomic mass is 10.3. The second-order valence-electron chi connectivity index (χ2n) is 3.15. The summed E-state index contributed by atoms with van der Waals surface area (Å²) in [7, 11) is 0. The molecule has 2 rings (SSSR count). The molecule has 5 nitrogen and oxygen atoms in total. The van der Waals surface area contributed by atoms with Crippen LogP contribution in [0.3, 0.4) is 0 Å². The Hall–Kier alpha value is -2.21. The number of nitrogens with zero attached hydrogens (tertiary/aromatic N) is 2. The molecular weight excluding hydrogens is 238 g/mol. The second kappa shape index (κ2) is 5.22. The van der Waals surface area contributed by atoms with Gasteiger partial charge in [-0.1, -0.05) is 6.07 Å². The highest BCUT2D eigenvalue weighted by Crippen LogP contribution is 2.20. The zero-order valence-electron chi connectivity index (χ0n) is 8.74. The Morgan fingerprint density at radius 1 is 1.47 bits per heavy atom. The lowest BCUT2D eigenvalue weighted by Gasteiger charge is -1.99. The normalized spacial score (nSPS) is 11.2. The fourth-order valence-corrected chi connectivity index (χ4v) is 1.95. The first-order chi connectivity index (χ1) is 8.27. The van der Waals surface area contributed by atoms with Crippen LogP contribution in [-0.2, 0) is 0 Å². The average molecular weight is 247 g/mol. The van der Waals surface area contributed by atoms with E-state index in [-0.39, 0.29) is 5.70 Å². The quantitative estimate of drug-likeness (QED) is 0.666. The highest BCUT2D eigenvalue weighted by atomic mass is 32.1. The average Bonchev–Trinajstić information content (AvgIpc) is 2.84. The van der Waals surface area contributed by atoms with Crippen LogP contribution in [0.1, 0.15) is 4.88 Å². The second-order valence-corrected chi connectivity index (χ2v) is 4.10. The van der Waals surface area contributed by atoms with Crippen LogP contribution in [0.4, 0.5) is 5.69 Å². The molecule has 0 amide bonds. The Kier molecular flexibility index (Phi) is 3.46. The first-order valence-electron chi connectivity index (χ1n) is 4.82. The van der Waals surface area contributed by atoms with E-state index in [1.807, 2.05) is 0 Å². The molecule has 0 spiro atoms. The first kappa shape index (κ1) is 11.3. The summed E-state index contributed by atoms with van der Waals surface area (Å²) in [4.78, 5) is 15.0. The van der Waals surface area contributed by atoms with E-state index >= 15 is 0 Å². The minimum atomic E-state index is -0.408. The molecule has 2 aromatic heterocycles. The topological polar surface area (TPSA) is 68.1 Å². The predicted molar refractivity (Wildman–Crippen MR) is 67.2 cm³/mol. The molecule has 2 aromatic rings. The Morgan fingerprint density at radius 2 is 2.35 bits per heavy atom. The molecule has 0 saturated carbocycles. The zero-order valence-corrected chi connectivity index (χ0v) is 9.55. The molecular formula is C11H9N3O2S. The maximum absolute atomic E-state index is 10.9. The smallest absolute Gasteiger partial charge is 0.302 e.